The normalized spacial score (nSPS) is 14.8. The lowest BCUT2D eigenvalue weighted by Gasteiger charge is -1.92. The summed E-state index contributed by atoms with van der Waals surface area (Å²) < 4.78 is 1.56. The van der Waals surface area contributed by atoms with E-state index in [-0.39, 0.29) is 0 Å². The lowest BCUT2D eigenvalue weighted by atomic mass is 10.6. The Morgan fingerprint density at radius 2 is 2.36 bits per heavy atom. The smallest absolute Gasteiger partial charge is 0.177 e. The molecule has 55 valence electrons. The van der Waals surface area contributed by atoms with E-state index in [1.165, 1.54) is 0 Å². The molecule has 0 atom stereocenters. The maximum atomic E-state index is 5.65. The summed E-state index contributed by atoms with van der Waals surface area (Å²) >= 11 is 5.65. The number of hydrogen-bond donors (Lipinski definition) is 0. The van der Waals surface area contributed by atoms with E-state index in [2.05, 4.69) is 15.6 Å². The first-order valence-electron chi connectivity index (χ1n) is 3.01. The Balaban J connectivity index is 2.36. The third kappa shape index (κ3) is 1.12. The molecule has 5 heteroatoms. The van der Waals surface area contributed by atoms with Crippen LogP contribution in [-0.2, 0) is 0 Å². The van der Waals surface area contributed by atoms with Crippen molar-refractivity contribution in [1.29, 1.82) is 0 Å². The molecule has 0 unspecified atom stereocenters. The molecular weight excluding hydrogens is 164 g/mol. The molecule has 0 saturated heterocycles. The fraction of sp³-hybridized carbons (Fsp3) is 0. The average molecular weight is 168 g/mol. The molecule has 2 rings (SSSR count). The summed E-state index contributed by atoms with van der Waals surface area (Å²) in [6.45, 7) is 0. The molecule has 0 aliphatic carbocycles. The zero-order chi connectivity index (χ0) is 7.68. The molecule has 1 aliphatic heterocycles. The molecule has 1 aliphatic rings. The molecule has 0 fully saturated rings. The van der Waals surface area contributed by atoms with Crippen molar-refractivity contribution in [3.63, 3.8) is 0 Å². The van der Waals surface area contributed by atoms with E-state index in [1.807, 2.05) is 0 Å². The van der Waals surface area contributed by atoms with Gasteiger partial charge in [-0.3, -0.25) is 0 Å². The van der Waals surface area contributed by atoms with Gasteiger partial charge >= 0.3 is 0 Å². The summed E-state index contributed by atoms with van der Waals surface area (Å²) in [6, 6.07) is 0. The van der Waals surface area contributed by atoms with Crippen LogP contribution in [0, 0.1) is 0 Å². The number of nitrogens with zero attached hydrogens (tertiary/aromatic N) is 4. The Bertz CT molecular complexity index is 325. The molecule has 1 radical (unpaired) electrons. The summed E-state index contributed by atoms with van der Waals surface area (Å²) in [4.78, 5) is 0. The summed E-state index contributed by atoms with van der Waals surface area (Å²) in [5.74, 6) is 0.678. The fourth-order valence-corrected chi connectivity index (χ4v) is 0.910. The zero-order valence-electron chi connectivity index (χ0n) is 5.48. The molecule has 4 nitrogen and oxygen atoms in total. The van der Waals surface area contributed by atoms with Gasteiger partial charge in [-0.1, -0.05) is 11.6 Å². The predicted molar refractivity (Wildman–Crippen MR) is 41.3 cm³/mol. The Hall–Kier alpha value is -1.29. The van der Waals surface area contributed by atoms with Gasteiger partial charge in [0.1, 0.15) is 0 Å². The summed E-state index contributed by atoms with van der Waals surface area (Å²) in [5.41, 5.74) is 3.65. The summed E-state index contributed by atoms with van der Waals surface area (Å²) in [7, 11) is 0. The first-order chi connectivity index (χ1) is 5.36. The minimum absolute atomic E-state index is 0.591. The van der Waals surface area contributed by atoms with Gasteiger partial charge < -0.3 is 0 Å². The largest absolute Gasteiger partial charge is 0.219 e. The molecule has 0 amide bonds. The van der Waals surface area contributed by atoms with Gasteiger partial charge in [0, 0.05) is 6.08 Å². The molecule has 0 saturated carbocycles. The van der Waals surface area contributed by atoms with Crippen LogP contribution < -0.4 is 5.43 Å². The van der Waals surface area contributed by atoms with Crippen LogP contribution in [0.5, 0.6) is 0 Å². The molecule has 11 heavy (non-hydrogen) atoms. The monoisotopic (exact) mass is 167 g/mol. The van der Waals surface area contributed by atoms with Crippen molar-refractivity contribution in [2.75, 3.05) is 0 Å². The quantitative estimate of drug-likeness (QED) is 0.565. The van der Waals surface area contributed by atoms with E-state index in [0.29, 0.717) is 10.9 Å². The SMILES string of the molecule is Clc1cnn(C2=N[N]C=C2)c1. The highest BCUT2D eigenvalue weighted by Gasteiger charge is 2.04. The van der Waals surface area contributed by atoms with Crippen LogP contribution >= 0.6 is 11.6 Å². The minimum Gasteiger partial charge on any atom is -0.219 e. The highest BCUT2D eigenvalue weighted by atomic mass is 35.5. The second-order valence-corrected chi connectivity index (χ2v) is 2.43. The molecule has 0 bridgehead atoms. The number of allylic oxidation sites excluding steroid dienone is 1. The number of halogens is 1. The van der Waals surface area contributed by atoms with Gasteiger partial charge in [-0.15, -0.1) is 5.10 Å². The second-order valence-electron chi connectivity index (χ2n) is 1.99. The summed E-state index contributed by atoms with van der Waals surface area (Å²) in [5, 5.41) is 8.32. The molecule has 0 spiro atoms. The molecule has 2 heterocycles. The van der Waals surface area contributed by atoms with Crippen LogP contribution in [0.15, 0.2) is 29.8 Å². The van der Waals surface area contributed by atoms with E-state index in [0.717, 1.165) is 0 Å². The molecular formula is C6H4ClN4. The standard InChI is InChI=1S/C6H4ClN4/c7-5-3-9-11(4-5)6-1-2-8-10-6/h1-4H. The number of rotatable bonds is 0. The van der Waals surface area contributed by atoms with Crippen LogP contribution in [0.25, 0.3) is 0 Å². The van der Waals surface area contributed by atoms with Crippen LogP contribution in [0.1, 0.15) is 0 Å². The van der Waals surface area contributed by atoms with Crippen LogP contribution in [0.4, 0.5) is 0 Å². The van der Waals surface area contributed by atoms with Crippen molar-refractivity contribution in [2.24, 2.45) is 5.10 Å². The number of hydrogen-bond acceptors (Lipinski definition) is 2. The van der Waals surface area contributed by atoms with E-state index < -0.39 is 0 Å². The van der Waals surface area contributed by atoms with Crippen LogP contribution in [-0.4, -0.2) is 15.6 Å². The third-order valence-corrected chi connectivity index (χ3v) is 1.43. The second kappa shape index (κ2) is 2.39. The van der Waals surface area contributed by atoms with E-state index in [4.69, 9.17) is 11.6 Å². The van der Waals surface area contributed by atoms with E-state index in [1.54, 1.807) is 29.4 Å². The van der Waals surface area contributed by atoms with E-state index in [9.17, 15) is 0 Å². The third-order valence-electron chi connectivity index (χ3n) is 1.24. The van der Waals surface area contributed by atoms with Crippen molar-refractivity contribution in [1.82, 2.24) is 15.2 Å². The van der Waals surface area contributed by atoms with Crippen molar-refractivity contribution in [3.05, 3.63) is 29.7 Å². The van der Waals surface area contributed by atoms with Crippen LogP contribution in [0.3, 0.4) is 0 Å². The average Bonchev–Trinajstić information content (AvgIpc) is 2.55. The predicted octanol–water partition coefficient (Wildman–Crippen LogP) is 0.830. The molecule has 1 aromatic heterocycles. The Morgan fingerprint density at radius 3 is 2.91 bits per heavy atom. The first-order valence-corrected chi connectivity index (χ1v) is 3.39. The van der Waals surface area contributed by atoms with E-state index >= 15 is 0 Å². The Morgan fingerprint density at radius 1 is 1.45 bits per heavy atom. The van der Waals surface area contributed by atoms with Gasteiger partial charge in [0.05, 0.1) is 23.6 Å². The molecule has 0 N–H and O–H groups in total. The van der Waals surface area contributed by atoms with Crippen LogP contribution in [0.2, 0.25) is 5.02 Å². The highest BCUT2D eigenvalue weighted by Crippen LogP contribution is 2.05. The van der Waals surface area contributed by atoms with Crippen molar-refractivity contribution < 1.29 is 0 Å². The maximum absolute atomic E-state index is 5.65. The van der Waals surface area contributed by atoms with Gasteiger partial charge in [-0.2, -0.15) is 10.5 Å². The lowest BCUT2D eigenvalue weighted by molar-refractivity contribution is 0.901. The van der Waals surface area contributed by atoms with Crippen molar-refractivity contribution in [2.45, 2.75) is 0 Å². The Kier molecular flexibility index (Phi) is 1.40. The first kappa shape index (κ1) is 6.42. The van der Waals surface area contributed by atoms with Gasteiger partial charge in [-0.05, 0) is 0 Å². The van der Waals surface area contributed by atoms with Gasteiger partial charge in [0.2, 0.25) is 0 Å². The lowest BCUT2D eigenvalue weighted by Crippen LogP contribution is -2.07. The molecule has 1 aromatic rings. The van der Waals surface area contributed by atoms with Gasteiger partial charge in [0.25, 0.3) is 0 Å². The summed E-state index contributed by atoms with van der Waals surface area (Å²) in [6.07, 6.45) is 6.58. The topological polar surface area (TPSA) is 44.3 Å². The maximum Gasteiger partial charge on any atom is 0.177 e. The van der Waals surface area contributed by atoms with Gasteiger partial charge in [-0.25, -0.2) is 4.68 Å². The highest BCUT2D eigenvalue weighted by molar-refractivity contribution is 6.30. The number of aromatic nitrogens is 2. The molecule has 0 aromatic carbocycles. The zero-order valence-corrected chi connectivity index (χ0v) is 6.23. The minimum atomic E-state index is 0.591. The van der Waals surface area contributed by atoms with Crippen molar-refractivity contribution >= 4 is 17.4 Å². The van der Waals surface area contributed by atoms with Crippen molar-refractivity contribution in [3.8, 4) is 0 Å². The Labute approximate surface area is 68.2 Å². The fourth-order valence-electron chi connectivity index (χ4n) is 0.774. The van der Waals surface area contributed by atoms with Gasteiger partial charge in [0.15, 0.2) is 5.84 Å².